The van der Waals surface area contributed by atoms with Gasteiger partial charge >= 0.3 is 0 Å². The van der Waals surface area contributed by atoms with Crippen molar-refractivity contribution in [2.45, 2.75) is 59.2 Å². The van der Waals surface area contributed by atoms with Crippen LogP contribution in [0.2, 0.25) is 10.0 Å². The lowest BCUT2D eigenvalue weighted by molar-refractivity contribution is -0.140. The van der Waals surface area contributed by atoms with Crippen LogP contribution in [0.1, 0.15) is 46.1 Å². The molecule has 2 aromatic rings. The second kappa shape index (κ2) is 13.9. The molecule has 0 aliphatic rings. The fraction of sp³-hybridized carbons (Fsp3) is 0.462. The number of hydrogen-bond donors (Lipinski definition) is 1. The minimum Gasteiger partial charge on any atom is -0.494 e. The standard InChI is InChI=1S/C26H35Cl2N3O5S/c1-6-36-22-12-10-21(11-13-22)31(37(5,34)35)15-7-8-25(32)30(19(4)26(33)29-18(2)3)17-20-9-14-23(27)24(28)16-20/h9-14,16,18-19H,6-8,15,17H2,1-5H3,(H,29,33). The molecule has 2 aromatic carbocycles. The van der Waals surface area contributed by atoms with Crippen molar-refractivity contribution in [3.63, 3.8) is 0 Å². The third kappa shape index (κ3) is 9.39. The molecule has 37 heavy (non-hydrogen) atoms. The molecular weight excluding hydrogens is 537 g/mol. The molecule has 0 saturated heterocycles. The van der Waals surface area contributed by atoms with Gasteiger partial charge < -0.3 is 15.0 Å². The lowest BCUT2D eigenvalue weighted by atomic mass is 10.1. The number of benzene rings is 2. The van der Waals surface area contributed by atoms with Gasteiger partial charge in [-0.05, 0) is 76.1 Å². The summed E-state index contributed by atoms with van der Waals surface area (Å²) in [6.07, 6.45) is 1.43. The van der Waals surface area contributed by atoms with Crippen LogP contribution in [0, 0.1) is 0 Å². The summed E-state index contributed by atoms with van der Waals surface area (Å²) in [6.45, 7) is 7.97. The summed E-state index contributed by atoms with van der Waals surface area (Å²) < 4.78 is 31.6. The normalized spacial score (nSPS) is 12.2. The predicted molar refractivity (Wildman–Crippen MR) is 149 cm³/mol. The third-order valence-electron chi connectivity index (χ3n) is 5.52. The van der Waals surface area contributed by atoms with Crippen LogP contribution in [0.5, 0.6) is 5.75 Å². The number of halogens is 2. The summed E-state index contributed by atoms with van der Waals surface area (Å²) >= 11 is 12.2. The number of sulfonamides is 1. The largest absolute Gasteiger partial charge is 0.494 e. The highest BCUT2D eigenvalue weighted by Gasteiger charge is 2.27. The van der Waals surface area contributed by atoms with Gasteiger partial charge in [-0.1, -0.05) is 29.3 Å². The zero-order chi connectivity index (χ0) is 27.8. The number of nitrogens with zero attached hydrogens (tertiary/aromatic N) is 2. The van der Waals surface area contributed by atoms with E-state index >= 15 is 0 Å². The van der Waals surface area contributed by atoms with Crippen LogP contribution in [0.3, 0.4) is 0 Å². The average molecular weight is 573 g/mol. The highest BCUT2D eigenvalue weighted by molar-refractivity contribution is 7.92. The fourth-order valence-electron chi connectivity index (χ4n) is 3.70. The first-order chi connectivity index (χ1) is 17.3. The number of amides is 2. The van der Waals surface area contributed by atoms with Gasteiger partial charge in [-0.2, -0.15) is 0 Å². The lowest BCUT2D eigenvalue weighted by Crippen LogP contribution is -2.49. The minimum absolute atomic E-state index is 0.0453. The van der Waals surface area contributed by atoms with Crippen molar-refractivity contribution < 1.29 is 22.7 Å². The van der Waals surface area contributed by atoms with E-state index in [2.05, 4.69) is 5.32 Å². The Morgan fingerprint density at radius 3 is 2.22 bits per heavy atom. The summed E-state index contributed by atoms with van der Waals surface area (Å²) in [7, 11) is -3.59. The second-order valence-corrected chi connectivity index (χ2v) is 11.7. The smallest absolute Gasteiger partial charge is 0.242 e. The highest BCUT2D eigenvalue weighted by Crippen LogP contribution is 2.25. The van der Waals surface area contributed by atoms with E-state index < -0.39 is 16.1 Å². The van der Waals surface area contributed by atoms with E-state index in [1.165, 1.54) is 9.21 Å². The first-order valence-corrected chi connectivity index (χ1v) is 14.7. The zero-order valence-corrected chi connectivity index (χ0v) is 24.2. The average Bonchev–Trinajstić information content (AvgIpc) is 2.81. The Balaban J connectivity index is 2.18. The molecule has 1 N–H and O–H groups in total. The maximum absolute atomic E-state index is 13.3. The molecule has 1 unspecified atom stereocenters. The van der Waals surface area contributed by atoms with Crippen molar-refractivity contribution >= 4 is 50.7 Å². The Morgan fingerprint density at radius 2 is 1.68 bits per heavy atom. The first kappa shape index (κ1) is 30.7. The Hall–Kier alpha value is -2.49. The molecule has 8 nitrogen and oxygen atoms in total. The van der Waals surface area contributed by atoms with Crippen LogP contribution in [-0.2, 0) is 26.2 Å². The molecule has 0 bridgehead atoms. The van der Waals surface area contributed by atoms with Crippen LogP contribution in [0.4, 0.5) is 5.69 Å². The number of rotatable bonds is 13. The van der Waals surface area contributed by atoms with Gasteiger partial charge in [-0.3, -0.25) is 13.9 Å². The molecule has 1 atom stereocenters. The monoisotopic (exact) mass is 571 g/mol. The van der Waals surface area contributed by atoms with Crippen LogP contribution < -0.4 is 14.4 Å². The molecule has 0 aliphatic heterocycles. The maximum atomic E-state index is 13.3. The number of carbonyl (C=O) groups excluding carboxylic acids is 2. The van der Waals surface area contributed by atoms with E-state index in [0.29, 0.717) is 28.1 Å². The molecule has 0 aliphatic carbocycles. The molecule has 0 radical (unpaired) electrons. The Morgan fingerprint density at radius 1 is 1.03 bits per heavy atom. The Labute approximate surface area is 229 Å². The molecule has 0 aromatic heterocycles. The van der Waals surface area contributed by atoms with Gasteiger partial charge in [-0.15, -0.1) is 0 Å². The van der Waals surface area contributed by atoms with E-state index in [1.54, 1.807) is 49.4 Å². The van der Waals surface area contributed by atoms with Gasteiger partial charge in [0.15, 0.2) is 0 Å². The van der Waals surface area contributed by atoms with Crippen LogP contribution in [0.25, 0.3) is 0 Å². The fourth-order valence-corrected chi connectivity index (χ4v) is 4.99. The summed E-state index contributed by atoms with van der Waals surface area (Å²) in [5.41, 5.74) is 1.20. The van der Waals surface area contributed by atoms with Crippen molar-refractivity contribution in [2.75, 3.05) is 23.7 Å². The molecular formula is C26H35Cl2N3O5S. The van der Waals surface area contributed by atoms with Crippen molar-refractivity contribution in [2.24, 2.45) is 0 Å². The van der Waals surface area contributed by atoms with Gasteiger partial charge in [0, 0.05) is 25.6 Å². The number of hydrogen-bond acceptors (Lipinski definition) is 5. The van der Waals surface area contributed by atoms with Crippen molar-refractivity contribution in [1.82, 2.24) is 10.2 Å². The highest BCUT2D eigenvalue weighted by atomic mass is 35.5. The van der Waals surface area contributed by atoms with Gasteiger partial charge in [0.2, 0.25) is 21.8 Å². The summed E-state index contributed by atoms with van der Waals surface area (Å²) in [6, 6.07) is 11.0. The van der Waals surface area contributed by atoms with Crippen molar-refractivity contribution in [3.05, 3.63) is 58.1 Å². The van der Waals surface area contributed by atoms with Crippen LogP contribution >= 0.6 is 23.2 Å². The summed E-state index contributed by atoms with van der Waals surface area (Å²) in [5.74, 6) is 0.0784. The van der Waals surface area contributed by atoms with Crippen molar-refractivity contribution in [3.8, 4) is 5.75 Å². The summed E-state index contributed by atoms with van der Waals surface area (Å²) in [4.78, 5) is 27.5. The van der Waals surface area contributed by atoms with E-state index in [1.807, 2.05) is 20.8 Å². The molecule has 0 fully saturated rings. The molecule has 204 valence electrons. The molecule has 11 heteroatoms. The number of ether oxygens (including phenoxy) is 1. The molecule has 0 saturated carbocycles. The number of nitrogens with one attached hydrogen (secondary N) is 1. The Kier molecular flexibility index (Phi) is 11.5. The van der Waals surface area contributed by atoms with E-state index in [0.717, 1.165) is 11.8 Å². The topological polar surface area (TPSA) is 96.0 Å². The maximum Gasteiger partial charge on any atom is 0.242 e. The van der Waals surface area contributed by atoms with Gasteiger partial charge in [-0.25, -0.2) is 8.42 Å². The molecule has 2 amide bonds. The van der Waals surface area contributed by atoms with Crippen molar-refractivity contribution in [1.29, 1.82) is 0 Å². The number of anilines is 1. The van der Waals surface area contributed by atoms with Gasteiger partial charge in [0.1, 0.15) is 11.8 Å². The minimum atomic E-state index is -3.59. The van der Waals surface area contributed by atoms with Crippen LogP contribution in [0.15, 0.2) is 42.5 Å². The number of carbonyl (C=O) groups is 2. The van der Waals surface area contributed by atoms with E-state index in [9.17, 15) is 18.0 Å². The van der Waals surface area contributed by atoms with E-state index in [-0.39, 0.29) is 43.8 Å². The van der Waals surface area contributed by atoms with E-state index in [4.69, 9.17) is 27.9 Å². The molecule has 0 spiro atoms. The zero-order valence-electron chi connectivity index (χ0n) is 21.8. The predicted octanol–water partition coefficient (Wildman–Crippen LogP) is 4.88. The molecule has 0 heterocycles. The van der Waals surface area contributed by atoms with Crippen LogP contribution in [-0.4, -0.2) is 56.6 Å². The SMILES string of the molecule is CCOc1ccc(N(CCCC(=O)N(Cc2ccc(Cl)c(Cl)c2)C(C)C(=O)NC(C)C)S(C)(=O)=O)cc1. The first-order valence-electron chi connectivity index (χ1n) is 12.1. The quantitative estimate of drug-likeness (QED) is 0.369. The molecule has 2 rings (SSSR count). The van der Waals surface area contributed by atoms with Gasteiger partial charge in [0.05, 0.1) is 28.6 Å². The Bertz CT molecular complexity index is 1170. The summed E-state index contributed by atoms with van der Waals surface area (Å²) in [5, 5.41) is 3.58. The second-order valence-electron chi connectivity index (χ2n) is 8.97. The third-order valence-corrected chi connectivity index (χ3v) is 7.46. The van der Waals surface area contributed by atoms with Gasteiger partial charge in [0.25, 0.3) is 0 Å². The lowest BCUT2D eigenvalue weighted by Gasteiger charge is -2.30.